The zero-order valence-electron chi connectivity index (χ0n) is 19.0. The van der Waals surface area contributed by atoms with Crippen LogP contribution in [0.2, 0.25) is 0 Å². The molecule has 1 unspecified atom stereocenters. The number of nitrogens with zero attached hydrogens (tertiary/aromatic N) is 1. The zero-order chi connectivity index (χ0) is 22.6. The maximum absolute atomic E-state index is 6.14. The number of benzene rings is 2. The highest BCUT2D eigenvalue weighted by Gasteiger charge is 2.17. The van der Waals surface area contributed by atoms with Crippen LogP contribution in [0.25, 0.3) is 0 Å². The summed E-state index contributed by atoms with van der Waals surface area (Å²) in [5, 5.41) is 6.76. The number of hydrogen-bond donors (Lipinski definition) is 2. The molecule has 1 fully saturated rings. The van der Waals surface area contributed by atoms with Crippen molar-refractivity contribution >= 4 is 5.96 Å². The molecule has 2 aromatic rings. The molecular weight excluding hydrogens is 402 g/mol. The lowest BCUT2D eigenvalue weighted by Crippen LogP contribution is -2.38. The van der Waals surface area contributed by atoms with Crippen molar-refractivity contribution < 1.29 is 14.2 Å². The molecule has 2 aromatic carbocycles. The third-order valence-electron chi connectivity index (χ3n) is 5.34. The molecule has 1 aliphatic heterocycles. The third-order valence-corrected chi connectivity index (χ3v) is 5.34. The third kappa shape index (κ3) is 7.51. The van der Waals surface area contributed by atoms with Gasteiger partial charge in [0.2, 0.25) is 0 Å². The number of rotatable bonds is 10. The first-order chi connectivity index (χ1) is 15.7. The number of aliphatic imine (C=N–C) groups is 1. The molecule has 2 N–H and O–H groups in total. The fourth-order valence-corrected chi connectivity index (χ4v) is 3.47. The molecule has 3 rings (SSSR count). The Morgan fingerprint density at radius 2 is 2.03 bits per heavy atom. The monoisotopic (exact) mass is 435 g/mol. The number of guanidine groups is 1. The van der Waals surface area contributed by atoms with Gasteiger partial charge in [0.25, 0.3) is 0 Å². The van der Waals surface area contributed by atoms with Crippen molar-refractivity contribution in [1.82, 2.24) is 10.6 Å². The second kappa shape index (κ2) is 12.6. The normalized spacial score (nSPS) is 15.8. The lowest BCUT2D eigenvalue weighted by Gasteiger charge is -2.17. The van der Waals surface area contributed by atoms with Gasteiger partial charge in [0.1, 0.15) is 18.1 Å². The average molecular weight is 436 g/mol. The fraction of sp³-hybridized carbons (Fsp3) is 0.423. The van der Waals surface area contributed by atoms with Gasteiger partial charge in [0, 0.05) is 38.2 Å². The molecule has 32 heavy (non-hydrogen) atoms. The van der Waals surface area contributed by atoms with Crippen molar-refractivity contribution in [2.24, 2.45) is 10.9 Å². The van der Waals surface area contributed by atoms with Gasteiger partial charge in [0.05, 0.1) is 13.2 Å². The van der Waals surface area contributed by atoms with Crippen LogP contribution in [0.5, 0.6) is 11.5 Å². The van der Waals surface area contributed by atoms with E-state index in [-0.39, 0.29) is 6.61 Å². The SMILES string of the molecule is C#CCOc1ccc(CCNC(=NC)NCc2ccc(C)cc2OCC2CCOC2)cc1. The van der Waals surface area contributed by atoms with E-state index in [0.717, 1.165) is 55.6 Å². The van der Waals surface area contributed by atoms with Crippen molar-refractivity contribution in [3.8, 4) is 23.8 Å². The van der Waals surface area contributed by atoms with Gasteiger partial charge in [0.15, 0.2) is 5.96 Å². The number of nitrogens with one attached hydrogen (secondary N) is 2. The Balaban J connectivity index is 1.46. The smallest absolute Gasteiger partial charge is 0.191 e. The predicted octanol–water partition coefficient (Wildman–Crippen LogP) is 3.33. The Labute approximate surface area is 191 Å². The van der Waals surface area contributed by atoms with E-state index >= 15 is 0 Å². The minimum atomic E-state index is 0.283. The molecule has 0 amide bonds. The number of terminal acetylenes is 1. The van der Waals surface area contributed by atoms with E-state index in [2.05, 4.69) is 58.8 Å². The molecule has 0 aliphatic carbocycles. The summed E-state index contributed by atoms with van der Waals surface area (Å²) in [5.74, 6) is 5.41. The minimum absolute atomic E-state index is 0.283. The second-order valence-electron chi connectivity index (χ2n) is 7.89. The molecule has 0 radical (unpaired) electrons. The van der Waals surface area contributed by atoms with Crippen molar-refractivity contribution in [3.63, 3.8) is 0 Å². The molecule has 0 aromatic heterocycles. The van der Waals surface area contributed by atoms with Crippen LogP contribution in [0.3, 0.4) is 0 Å². The summed E-state index contributed by atoms with van der Waals surface area (Å²) in [5.41, 5.74) is 3.51. The highest BCUT2D eigenvalue weighted by atomic mass is 16.5. The van der Waals surface area contributed by atoms with E-state index in [4.69, 9.17) is 20.6 Å². The average Bonchev–Trinajstić information content (AvgIpc) is 3.34. The first kappa shape index (κ1) is 23.5. The lowest BCUT2D eigenvalue weighted by molar-refractivity contribution is 0.166. The van der Waals surface area contributed by atoms with E-state index in [0.29, 0.717) is 19.1 Å². The summed E-state index contributed by atoms with van der Waals surface area (Å²) < 4.78 is 17.0. The fourth-order valence-electron chi connectivity index (χ4n) is 3.47. The number of ether oxygens (including phenoxy) is 3. The van der Waals surface area contributed by atoms with Crippen molar-refractivity contribution in [3.05, 3.63) is 59.2 Å². The molecule has 0 saturated carbocycles. The Kier molecular flexibility index (Phi) is 9.27. The number of aryl methyl sites for hydroxylation is 1. The van der Waals surface area contributed by atoms with E-state index in [1.165, 1.54) is 11.1 Å². The molecule has 1 heterocycles. The van der Waals surface area contributed by atoms with E-state index in [9.17, 15) is 0 Å². The topological polar surface area (TPSA) is 64.1 Å². The zero-order valence-corrected chi connectivity index (χ0v) is 19.0. The summed E-state index contributed by atoms with van der Waals surface area (Å²) in [6, 6.07) is 14.3. The van der Waals surface area contributed by atoms with Gasteiger partial charge < -0.3 is 24.8 Å². The Hall–Kier alpha value is -3.17. The van der Waals surface area contributed by atoms with Crippen LogP contribution in [-0.2, 0) is 17.7 Å². The molecule has 6 nitrogen and oxygen atoms in total. The van der Waals surface area contributed by atoms with Crippen LogP contribution in [0.15, 0.2) is 47.5 Å². The van der Waals surface area contributed by atoms with Crippen molar-refractivity contribution in [2.45, 2.75) is 26.3 Å². The molecule has 1 saturated heterocycles. The molecule has 0 bridgehead atoms. The molecule has 6 heteroatoms. The molecule has 1 aliphatic rings. The molecular formula is C26H33N3O3. The standard InChI is InChI=1S/C26H33N3O3/c1-4-14-31-24-9-6-21(7-10-24)11-13-28-26(27-3)29-17-23-8-5-20(2)16-25(23)32-19-22-12-15-30-18-22/h1,5-10,16,22H,11-15,17-19H2,2-3H3,(H2,27,28,29). The maximum atomic E-state index is 6.14. The first-order valence-corrected chi connectivity index (χ1v) is 11.1. The Morgan fingerprint density at radius 3 is 2.75 bits per heavy atom. The molecule has 0 spiro atoms. The molecule has 170 valence electrons. The van der Waals surface area contributed by atoms with Crippen LogP contribution < -0.4 is 20.1 Å². The highest BCUT2D eigenvalue weighted by molar-refractivity contribution is 5.79. The Bertz CT molecular complexity index is 913. The summed E-state index contributed by atoms with van der Waals surface area (Å²) in [7, 11) is 1.78. The van der Waals surface area contributed by atoms with Crippen LogP contribution >= 0.6 is 0 Å². The van der Waals surface area contributed by atoms with E-state index in [1.807, 2.05) is 12.1 Å². The van der Waals surface area contributed by atoms with Gasteiger partial charge in [-0.15, -0.1) is 6.42 Å². The molecule has 1 atom stereocenters. The van der Waals surface area contributed by atoms with Crippen LogP contribution in [0, 0.1) is 25.2 Å². The summed E-state index contributed by atoms with van der Waals surface area (Å²) in [6.07, 6.45) is 7.16. The van der Waals surface area contributed by atoms with Crippen LogP contribution in [-0.4, -0.2) is 46.0 Å². The number of hydrogen-bond acceptors (Lipinski definition) is 4. The quantitative estimate of drug-likeness (QED) is 0.341. The van der Waals surface area contributed by atoms with Gasteiger partial charge in [-0.25, -0.2) is 0 Å². The van der Waals surface area contributed by atoms with Crippen LogP contribution in [0.4, 0.5) is 0 Å². The van der Waals surface area contributed by atoms with Crippen molar-refractivity contribution in [1.29, 1.82) is 0 Å². The van der Waals surface area contributed by atoms with Crippen LogP contribution in [0.1, 0.15) is 23.1 Å². The minimum Gasteiger partial charge on any atom is -0.493 e. The van der Waals surface area contributed by atoms with Gasteiger partial charge in [-0.1, -0.05) is 30.2 Å². The largest absolute Gasteiger partial charge is 0.493 e. The summed E-state index contributed by atoms with van der Waals surface area (Å²) >= 11 is 0. The van der Waals surface area contributed by atoms with E-state index in [1.54, 1.807) is 7.05 Å². The van der Waals surface area contributed by atoms with Gasteiger partial charge in [-0.05, 0) is 49.1 Å². The van der Waals surface area contributed by atoms with E-state index < -0.39 is 0 Å². The summed E-state index contributed by atoms with van der Waals surface area (Å²) in [6.45, 7) is 6.08. The predicted molar refractivity (Wildman–Crippen MR) is 128 cm³/mol. The lowest BCUT2D eigenvalue weighted by atomic mass is 10.1. The highest BCUT2D eigenvalue weighted by Crippen LogP contribution is 2.22. The van der Waals surface area contributed by atoms with Gasteiger partial charge in [-0.3, -0.25) is 4.99 Å². The van der Waals surface area contributed by atoms with Gasteiger partial charge in [-0.2, -0.15) is 0 Å². The maximum Gasteiger partial charge on any atom is 0.191 e. The van der Waals surface area contributed by atoms with Gasteiger partial charge >= 0.3 is 0 Å². The first-order valence-electron chi connectivity index (χ1n) is 11.1. The van der Waals surface area contributed by atoms with Crippen molar-refractivity contribution in [2.75, 3.05) is 40.0 Å². The Morgan fingerprint density at radius 1 is 1.19 bits per heavy atom. The second-order valence-corrected chi connectivity index (χ2v) is 7.89. The summed E-state index contributed by atoms with van der Waals surface area (Å²) in [4.78, 5) is 4.34.